The number of carbonyl (C=O) groups excluding carboxylic acids is 1. The zero-order chi connectivity index (χ0) is 15.8. The molecule has 0 bridgehead atoms. The Morgan fingerprint density at radius 1 is 1.26 bits per heavy atom. The topological polar surface area (TPSA) is 92.7 Å². The van der Waals surface area contributed by atoms with Gasteiger partial charge in [0.1, 0.15) is 5.82 Å². The average Bonchev–Trinajstić information content (AvgIpc) is 3.08. The van der Waals surface area contributed by atoms with Crippen LogP contribution in [-0.4, -0.2) is 31.7 Å². The van der Waals surface area contributed by atoms with Crippen LogP contribution >= 0.6 is 11.3 Å². The molecule has 122 valence electrons. The third-order valence-corrected chi connectivity index (χ3v) is 5.79. The lowest BCUT2D eigenvalue weighted by atomic mass is 10.0. The van der Waals surface area contributed by atoms with E-state index in [0.717, 1.165) is 37.2 Å². The first kappa shape index (κ1) is 14.6. The molecule has 2 aliphatic rings. The minimum absolute atomic E-state index is 0.0597. The summed E-state index contributed by atoms with van der Waals surface area (Å²) in [4.78, 5) is 29.9. The Morgan fingerprint density at radius 2 is 2.13 bits per heavy atom. The summed E-state index contributed by atoms with van der Waals surface area (Å²) in [5, 5.41) is 10.2. The van der Waals surface area contributed by atoms with E-state index in [2.05, 4.69) is 20.5 Å². The van der Waals surface area contributed by atoms with E-state index in [1.54, 1.807) is 4.57 Å². The van der Waals surface area contributed by atoms with Gasteiger partial charge in [0.25, 0.3) is 5.91 Å². The quantitative estimate of drug-likeness (QED) is 0.859. The number of fused-ring (bicyclic) bond motifs is 2. The molecule has 0 spiro atoms. The maximum Gasteiger partial charge on any atom is 0.343 e. The summed E-state index contributed by atoms with van der Waals surface area (Å²) < 4.78 is 1.66. The van der Waals surface area contributed by atoms with Crippen molar-refractivity contribution in [1.82, 2.24) is 25.1 Å². The van der Waals surface area contributed by atoms with Crippen LogP contribution in [0, 0.1) is 0 Å². The van der Waals surface area contributed by atoms with E-state index in [1.165, 1.54) is 29.1 Å². The van der Waals surface area contributed by atoms with E-state index in [4.69, 9.17) is 0 Å². The van der Waals surface area contributed by atoms with Crippen LogP contribution in [0.3, 0.4) is 0 Å². The number of rotatable bonds is 2. The fraction of sp³-hybridized carbons (Fsp3) is 0.600. The first-order chi connectivity index (χ1) is 11.2. The highest BCUT2D eigenvalue weighted by atomic mass is 32.1. The molecule has 1 unspecified atom stereocenters. The van der Waals surface area contributed by atoms with Crippen molar-refractivity contribution >= 4 is 17.2 Å². The van der Waals surface area contributed by atoms with Crippen molar-refractivity contribution in [2.75, 3.05) is 0 Å². The molecule has 1 atom stereocenters. The SMILES string of the molecule is O=C(NC1CCc2n[nH]c(=O)n2CC1)c1nc2c(s1)CCCC2. The van der Waals surface area contributed by atoms with Crippen LogP contribution in [0.4, 0.5) is 0 Å². The third-order valence-electron chi connectivity index (χ3n) is 4.63. The molecule has 1 amide bonds. The highest BCUT2D eigenvalue weighted by molar-refractivity contribution is 7.13. The molecule has 2 aromatic rings. The molecule has 3 heterocycles. The van der Waals surface area contributed by atoms with Crippen molar-refractivity contribution in [3.8, 4) is 0 Å². The Bertz CT molecular complexity index is 767. The van der Waals surface area contributed by atoms with E-state index in [9.17, 15) is 9.59 Å². The molecule has 0 radical (unpaired) electrons. The first-order valence-corrected chi connectivity index (χ1v) is 8.96. The van der Waals surface area contributed by atoms with Gasteiger partial charge < -0.3 is 5.32 Å². The van der Waals surface area contributed by atoms with Crippen molar-refractivity contribution < 1.29 is 4.79 Å². The van der Waals surface area contributed by atoms with Gasteiger partial charge in [0, 0.05) is 23.9 Å². The summed E-state index contributed by atoms with van der Waals surface area (Å²) in [7, 11) is 0. The first-order valence-electron chi connectivity index (χ1n) is 8.14. The summed E-state index contributed by atoms with van der Waals surface area (Å²) in [6.07, 6.45) is 6.63. The van der Waals surface area contributed by atoms with E-state index in [0.29, 0.717) is 18.0 Å². The van der Waals surface area contributed by atoms with Crippen molar-refractivity contribution in [2.24, 2.45) is 0 Å². The number of thiazole rings is 1. The predicted molar refractivity (Wildman–Crippen MR) is 85.8 cm³/mol. The number of hydrogen-bond donors (Lipinski definition) is 2. The standard InChI is InChI=1S/C15H19N5O2S/c21-13(14-17-10-3-1-2-4-11(10)23-14)16-9-5-6-12-18-19-15(22)20(12)8-7-9/h9H,1-8H2,(H,16,21)(H,19,22). The van der Waals surface area contributed by atoms with Gasteiger partial charge in [-0.05, 0) is 38.5 Å². The van der Waals surface area contributed by atoms with E-state index < -0.39 is 0 Å². The van der Waals surface area contributed by atoms with Gasteiger partial charge in [-0.25, -0.2) is 14.9 Å². The largest absolute Gasteiger partial charge is 0.347 e. The number of aromatic amines is 1. The van der Waals surface area contributed by atoms with E-state index in [-0.39, 0.29) is 17.6 Å². The number of nitrogens with zero attached hydrogens (tertiary/aromatic N) is 3. The lowest BCUT2D eigenvalue weighted by Gasteiger charge is -2.14. The van der Waals surface area contributed by atoms with Crippen LogP contribution in [0.5, 0.6) is 0 Å². The highest BCUT2D eigenvalue weighted by Crippen LogP contribution is 2.26. The van der Waals surface area contributed by atoms with Gasteiger partial charge in [-0.15, -0.1) is 11.3 Å². The minimum Gasteiger partial charge on any atom is -0.347 e. The number of carbonyl (C=O) groups is 1. The second-order valence-electron chi connectivity index (χ2n) is 6.19. The van der Waals surface area contributed by atoms with E-state index in [1.807, 2.05) is 0 Å². The molecular weight excluding hydrogens is 314 g/mol. The Morgan fingerprint density at radius 3 is 3.00 bits per heavy atom. The molecule has 0 fully saturated rings. The van der Waals surface area contributed by atoms with Crippen molar-refractivity contribution in [3.05, 3.63) is 31.9 Å². The van der Waals surface area contributed by atoms with Gasteiger partial charge in [-0.1, -0.05) is 0 Å². The highest BCUT2D eigenvalue weighted by Gasteiger charge is 2.23. The predicted octanol–water partition coefficient (Wildman–Crippen LogP) is 1.04. The smallest absolute Gasteiger partial charge is 0.343 e. The van der Waals surface area contributed by atoms with Gasteiger partial charge in [-0.2, -0.15) is 5.10 Å². The Labute approximate surface area is 137 Å². The number of nitrogens with one attached hydrogen (secondary N) is 2. The molecule has 23 heavy (non-hydrogen) atoms. The lowest BCUT2D eigenvalue weighted by Crippen LogP contribution is -2.35. The lowest BCUT2D eigenvalue weighted by molar-refractivity contribution is 0.0932. The molecule has 4 rings (SSSR count). The fourth-order valence-electron chi connectivity index (χ4n) is 3.34. The van der Waals surface area contributed by atoms with Gasteiger partial charge in [-0.3, -0.25) is 9.36 Å². The number of aromatic nitrogens is 4. The van der Waals surface area contributed by atoms with Crippen LogP contribution in [0.1, 0.15) is 51.9 Å². The summed E-state index contributed by atoms with van der Waals surface area (Å²) in [5.74, 6) is 0.694. The molecule has 2 N–H and O–H groups in total. The Balaban J connectivity index is 1.43. The van der Waals surface area contributed by atoms with Gasteiger partial charge in [0.05, 0.1) is 5.69 Å². The molecule has 7 nitrogen and oxygen atoms in total. The number of H-pyrrole nitrogens is 1. The maximum atomic E-state index is 12.5. The van der Waals surface area contributed by atoms with Crippen molar-refractivity contribution in [3.63, 3.8) is 0 Å². The molecule has 2 aromatic heterocycles. The molecule has 8 heteroatoms. The van der Waals surface area contributed by atoms with Crippen molar-refractivity contribution in [1.29, 1.82) is 0 Å². The van der Waals surface area contributed by atoms with Crippen LogP contribution in [0.15, 0.2) is 4.79 Å². The number of hydrogen-bond acceptors (Lipinski definition) is 5. The van der Waals surface area contributed by atoms with E-state index >= 15 is 0 Å². The number of aryl methyl sites for hydroxylation is 3. The molecule has 0 saturated heterocycles. The van der Waals surface area contributed by atoms with Crippen LogP contribution < -0.4 is 11.0 Å². The molecule has 0 saturated carbocycles. The van der Waals surface area contributed by atoms with Crippen molar-refractivity contribution in [2.45, 2.75) is 57.5 Å². The van der Waals surface area contributed by atoms with Gasteiger partial charge in [0.2, 0.25) is 0 Å². The summed E-state index contributed by atoms with van der Waals surface area (Å²) in [6, 6.07) is 0.0597. The molecule has 0 aromatic carbocycles. The summed E-state index contributed by atoms with van der Waals surface area (Å²) in [6.45, 7) is 0.587. The maximum absolute atomic E-state index is 12.5. The second-order valence-corrected chi connectivity index (χ2v) is 7.27. The van der Waals surface area contributed by atoms with Gasteiger partial charge in [0.15, 0.2) is 5.01 Å². The van der Waals surface area contributed by atoms with Gasteiger partial charge >= 0.3 is 5.69 Å². The number of amides is 1. The minimum atomic E-state index is -0.167. The molecular formula is C15H19N5O2S. The summed E-state index contributed by atoms with van der Waals surface area (Å²) >= 11 is 1.53. The third kappa shape index (κ3) is 2.83. The second kappa shape index (κ2) is 5.92. The molecule has 1 aliphatic carbocycles. The molecule has 1 aliphatic heterocycles. The van der Waals surface area contributed by atoms with Crippen LogP contribution in [0.2, 0.25) is 0 Å². The zero-order valence-electron chi connectivity index (χ0n) is 12.8. The zero-order valence-corrected chi connectivity index (χ0v) is 13.6. The summed E-state index contributed by atoms with van der Waals surface area (Å²) in [5.41, 5.74) is 0.943. The van der Waals surface area contributed by atoms with Crippen LogP contribution in [-0.2, 0) is 25.8 Å². The Hall–Kier alpha value is -1.96. The monoisotopic (exact) mass is 333 g/mol. The van der Waals surface area contributed by atoms with Crippen LogP contribution in [0.25, 0.3) is 0 Å². The fourth-order valence-corrected chi connectivity index (χ4v) is 4.40. The Kier molecular flexibility index (Phi) is 3.76. The normalized spacial score (nSPS) is 20.4. The average molecular weight is 333 g/mol.